The summed E-state index contributed by atoms with van der Waals surface area (Å²) in [5.74, 6) is 3.54. The van der Waals surface area contributed by atoms with Crippen molar-refractivity contribution >= 4 is 8.32 Å². The van der Waals surface area contributed by atoms with E-state index in [1.165, 1.54) is 63.4 Å². The Hall–Kier alpha value is -0.123. The fourth-order valence-corrected chi connectivity index (χ4v) is 11.4. The highest BCUT2D eigenvalue weighted by molar-refractivity contribution is 6.73. The molecule has 0 bridgehead atoms. The molecule has 4 aliphatic carbocycles. The summed E-state index contributed by atoms with van der Waals surface area (Å²) in [5.41, 5.74) is 2.14. The highest BCUT2D eigenvalue weighted by atomic mass is 28.4. The Kier molecular flexibility index (Phi) is 6.66. The van der Waals surface area contributed by atoms with Crippen LogP contribution in [0.4, 0.5) is 0 Å². The smallest absolute Gasteiger partial charge is 0.192 e. The Bertz CT molecular complexity index is 633. The molecule has 0 spiro atoms. The molecular weight excluding hydrogens is 384 g/mol. The molecule has 0 aromatic rings. The molecule has 3 fully saturated rings. The minimum Gasteiger partial charge on any atom is -0.414 e. The van der Waals surface area contributed by atoms with Crippen molar-refractivity contribution in [3.05, 3.63) is 11.6 Å². The molecule has 0 saturated heterocycles. The lowest BCUT2D eigenvalue weighted by atomic mass is 9.45. The molecule has 3 heteroatoms. The Morgan fingerprint density at radius 3 is 2.43 bits per heavy atom. The van der Waals surface area contributed by atoms with Crippen molar-refractivity contribution in [2.75, 3.05) is 6.61 Å². The van der Waals surface area contributed by atoms with Crippen LogP contribution in [0.25, 0.3) is 0 Å². The Balaban J connectivity index is 1.47. The van der Waals surface area contributed by atoms with Gasteiger partial charge in [0.15, 0.2) is 8.32 Å². The number of aliphatic hydroxyl groups excluding tert-OH is 1. The van der Waals surface area contributed by atoms with E-state index in [9.17, 15) is 5.11 Å². The van der Waals surface area contributed by atoms with Gasteiger partial charge in [0.05, 0.1) is 12.7 Å². The van der Waals surface area contributed by atoms with E-state index in [0.717, 1.165) is 41.8 Å². The van der Waals surface area contributed by atoms with Gasteiger partial charge in [0.2, 0.25) is 0 Å². The average molecular weight is 433 g/mol. The molecule has 0 radical (unpaired) electrons. The van der Waals surface area contributed by atoms with Gasteiger partial charge in [-0.2, -0.15) is 0 Å². The molecule has 7 atom stereocenters. The van der Waals surface area contributed by atoms with Gasteiger partial charge in [-0.3, -0.25) is 0 Å². The van der Waals surface area contributed by atoms with Crippen molar-refractivity contribution in [3.63, 3.8) is 0 Å². The van der Waals surface area contributed by atoms with Gasteiger partial charge in [0, 0.05) is 0 Å². The second kappa shape index (κ2) is 8.67. The van der Waals surface area contributed by atoms with E-state index in [0.29, 0.717) is 12.0 Å². The predicted molar refractivity (Wildman–Crippen MR) is 129 cm³/mol. The lowest BCUT2D eigenvalue weighted by Gasteiger charge is -2.60. The van der Waals surface area contributed by atoms with Crippen LogP contribution in [-0.4, -0.2) is 26.1 Å². The molecule has 0 aliphatic heterocycles. The minimum absolute atomic E-state index is 0.205. The van der Waals surface area contributed by atoms with Gasteiger partial charge in [-0.05, 0) is 103 Å². The van der Waals surface area contributed by atoms with E-state index in [1.807, 2.05) is 0 Å². The largest absolute Gasteiger partial charge is 0.414 e. The van der Waals surface area contributed by atoms with E-state index in [-0.39, 0.29) is 5.41 Å². The topological polar surface area (TPSA) is 29.5 Å². The highest BCUT2D eigenvalue weighted by Crippen LogP contribution is 2.66. The summed E-state index contributed by atoms with van der Waals surface area (Å²) in [6.45, 7) is 12.5. The summed E-state index contributed by atoms with van der Waals surface area (Å²) in [7, 11) is -1.64. The van der Waals surface area contributed by atoms with Gasteiger partial charge in [0.1, 0.15) is 0 Å². The quantitative estimate of drug-likeness (QED) is 0.337. The lowest BCUT2D eigenvalue weighted by molar-refractivity contribution is -0.102. The second-order valence-corrected chi connectivity index (χ2v) is 16.6. The zero-order valence-corrected chi connectivity index (χ0v) is 21.5. The molecule has 0 aromatic carbocycles. The first-order valence-electron chi connectivity index (χ1n) is 13.4. The molecule has 3 saturated carbocycles. The van der Waals surface area contributed by atoms with Gasteiger partial charge < -0.3 is 9.53 Å². The summed E-state index contributed by atoms with van der Waals surface area (Å²) in [6.07, 6.45) is 14.7. The molecule has 4 rings (SSSR count). The molecule has 30 heavy (non-hydrogen) atoms. The SMILES string of the molecule is CC[Si](CC)(CC)OCC(O)C1=CC[C@H]2[C@@H]3CCC4CCCC[C@]4(C)[C@H]3CC[C@]12C. The summed E-state index contributed by atoms with van der Waals surface area (Å²) in [6, 6.07) is 3.49. The van der Waals surface area contributed by atoms with Crippen LogP contribution < -0.4 is 0 Å². The minimum atomic E-state index is -1.64. The first-order valence-corrected chi connectivity index (χ1v) is 15.9. The van der Waals surface area contributed by atoms with Gasteiger partial charge in [0.25, 0.3) is 0 Å². The summed E-state index contributed by atoms with van der Waals surface area (Å²) < 4.78 is 6.52. The summed E-state index contributed by atoms with van der Waals surface area (Å²) >= 11 is 0. The standard InChI is InChI=1S/C27H48O2Si/c1-6-30(7-2,8-3)29-19-25(28)24-15-14-22-21-13-12-20-11-9-10-17-26(20,4)23(21)16-18-27(22,24)5/h15,20-23,25,28H,6-14,16-19H2,1-5H3/t20?,21-,22-,23-,25?,26-,27-/m0/s1. The van der Waals surface area contributed by atoms with Crippen molar-refractivity contribution < 1.29 is 9.53 Å². The molecule has 1 N–H and O–H groups in total. The number of hydrogen-bond acceptors (Lipinski definition) is 2. The van der Waals surface area contributed by atoms with Crippen LogP contribution in [0.1, 0.15) is 92.4 Å². The van der Waals surface area contributed by atoms with E-state index in [1.54, 1.807) is 0 Å². The first kappa shape index (κ1) is 23.0. The first-order chi connectivity index (χ1) is 14.3. The maximum Gasteiger partial charge on any atom is 0.192 e. The van der Waals surface area contributed by atoms with Crippen molar-refractivity contribution in [2.24, 2.45) is 34.5 Å². The fourth-order valence-electron chi connectivity index (χ4n) is 8.81. The predicted octanol–water partition coefficient (Wildman–Crippen LogP) is 7.34. The monoisotopic (exact) mass is 432 g/mol. The van der Waals surface area contributed by atoms with Crippen LogP contribution >= 0.6 is 0 Å². The molecule has 0 aromatic heterocycles. The molecule has 0 amide bonds. The van der Waals surface area contributed by atoms with Gasteiger partial charge in [-0.25, -0.2) is 0 Å². The molecule has 4 aliphatic rings. The summed E-state index contributed by atoms with van der Waals surface area (Å²) in [5, 5.41) is 11.3. The van der Waals surface area contributed by atoms with Gasteiger partial charge in [-0.1, -0.05) is 53.5 Å². The summed E-state index contributed by atoms with van der Waals surface area (Å²) in [4.78, 5) is 0. The highest BCUT2D eigenvalue weighted by Gasteiger charge is 2.58. The zero-order chi connectivity index (χ0) is 21.6. The molecule has 0 heterocycles. The lowest BCUT2D eigenvalue weighted by Crippen LogP contribution is -2.53. The number of allylic oxidation sites excluding steroid dienone is 1. The third-order valence-electron chi connectivity index (χ3n) is 11.1. The van der Waals surface area contributed by atoms with Crippen LogP contribution in [0, 0.1) is 34.5 Å². The molecule has 2 unspecified atom stereocenters. The molecule has 172 valence electrons. The van der Waals surface area contributed by atoms with Crippen LogP contribution in [0.5, 0.6) is 0 Å². The number of rotatable bonds is 7. The molecular formula is C27H48O2Si. The number of fused-ring (bicyclic) bond motifs is 5. The van der Waals surface area contributed by atoms with E-state index < -0.39 is 14.4 Å². The van der Waals surface area contributed by atoms with Crippen molar-refractivity contribution in [1.82, 2.24) is 0 Å². The van der Waals surface area contributed by atoms with E-state index >= 15 is 0 Å². The second-order valence-electron chi connectivity index (χ2n) is 11.8. The Labute approximate surface area is 187 Å². The van der Waals surface area contributed by atoms with Crippen LogP contribution in [0.3, 0.4) is 0 Å². The Morgan fingerprint density at radius 1 is 1.00 bits per heavy atom. The van der Waals surface area contributed by atoms with Crippen molar-refractivity contribution in [2.45, 2.75) is 117 Å². The fraction of sp³-hybridized carbons (Fsp3) is 0.926. The average Bonchev–Trinajstić information content (AvgIpc) is 3.12. The zero-order valence-electron chi connectivity index (χ0n) is 20.5. The van der Waals surface area contributed by atoms with Gasteiger partial charge >= 0.3 is 0 Å². The normalized spacial score (nSPS) is 42.1. The third kappa shape index (κ3) is 3.59. The van der Waals surface area contributed by atoms with E-state index in [2.05, 4.69) is 40.7 Å². The van der Waals surface area contributed by atoms with Crippen molar-refractivity contribution in [3.8, 4) is 0 Å². The number of hydrogen-bond donors (Lipinski definition) is 1. The third-order valence-corrected chi connectivity index (χ3v) is 15.7. The van der Waals surface area contributed by atoms with Crippen LogP contribution in [0.15, 0.2) is 11.6 Å². The van der Waals surface area contributed by atoms with Crippen LogP contribution in [-0.2, 0) is 4.43 Å². The van der Waals surface area contributed by atoms with E-state index in [4.69, 9.17) is 4.43 Å². The maximum atomic E-state index is 11.3. The number of aliphatic hydroxyl groups is 1. The van der Waals surface area contributed by atoms with Crippen molar-refractivity contribution in [1.29, 1.82) is 0 Å². The molecule has 2 nitrogen and oxygen atoms in total. The Morgan fingerprint density at radius 2 is 1.73 bits per heavy atom. The van der Waals surface area contributed by atoms with Gasteiger partial charge in [-0.15, -0.1) is 0 Å². The maximum absolute atomic E-state index is 11.3. The van der Waals surface area contributed by atoms with Crippen LogP contribution in [0.2, 0.25) is 18.1 Å².